The Hall–Kier alpha value is -2.24. The van der Waals surface area contributed by atoms with Crippen LogP contribution >= 0.6 is 11.3 Å². The molecule has 0 spiro atoms. The van der Waals surface area contributed by atoms with Gasteiger partial charge < -0.3 is 10.6 Å². The van der Waals surface area contributed by atoms with E-state index in [0.29, 0.717) is 5.92 Å². The second-order valence-corrected chi connectivity index (χ2v) is 7.04. The highest BCUT2D eigenvalue weighted by Crippen LogP contribution is 2.30. The van der Waals surface area contributed by atoms with Crippen LogP contribution in [0, 0.1) is 0 Å². The lowest BCUT2D eigenvalue weighted by molar-refractivity contribution is 0.455. The van der Waals surface area contributed by atoms with Crippen molar-refractivity contribution >= 4 is 22.3 Å². The number of benzene rings is 1. The molecule has 1 aliphatic heterocycles. The van der Waals surface area contributed by atoms with Gasteiger partial charge in [-0.05, 0) is 37.1 Å². The third-order valence-electron chi connectivity index (χ3n) is 4.28. The fourth-order valence-electron chi connectivity index (χ4n) is 3.03. The van der Waals surface area contributed by atoms with Crippen LogP contribution in [0.25, 0.3) is 10.4 Å². The molecule has 1 atom stereocenters. The zero-order valence-corrected chi connectivity index (χ0v) is 14.2. The molecule has 3 heterocycles. The van der Waals surface area contributed by atoms with Gasteiger partial charge in [0.25, 0.3) is 0 Å². The minimum absolute atomic E-state index is 0.511. The SMILES string of the molecule is c1ccc(-c2cnc(Nc3cccc(C4CCCNC4)n3)s2)cc1. The first-order valence-corrected chi connectivity index (χ1v) is 9.16. The molecule has 0 amide bonds. The smallest absolute Gasteiger partial charge is 0.188 e. The Labute approximate surface area is 146 Å². The number of hydrogen-bond donors (Lipinski definition) is 2. The topological polar surface area (TPSA) is 49.8 Å². The van der Waals surface area contributed by atoms with Crippen molar-refractivity contribution in [3.63, 3.8) is 0 Å². The summed E-state index contributed by atoms with van der Waals surface area (Å²) in [7, 11) is 0. The number of anilines is 2. The van der Waals surface area contributed by atoms with E-state index in [1.807, 2.05) is 30.5 Å². The highest BCUT2D eigenvalue weighted by molar-refractivity contribution is 7.18. The average molecular weight is 336 g/mol. The third-order valence-corrected chi connectivity index (χ3v) is 5.25. The third kappa shape index (κ3) is 3.47. The Balaban J connectivity index is 1.50. The average Bonchev–Trinajstić information content (AvgIpc) is 3.12. The van der Waals surface area contributed by atoms with E-state index in [1.165, 1.54) is 18.4 Å². The maximum absolute atomic E-state index is 4.79. The van der Waals surface area contributed by atoms with Gasteiger partial charge in [-0.1, -0.05) is 47.7 Å². The van der Waals surface area contributed by atoms with Crippen LogP contribution in [0.3, 0.4) is 0 Å². The first-order chi connectivity index (χ1) is 11.9. The zero-order chi connectivity index (χ0) is 16.2. The van der Waals surface area contributed by atoms with Crippen LogP contribution in [0.15, 0.2) is 54.7 Å². The maximum Gasteiger partial charge on any atom is 0.188 e. The molecular formula is C19H20N4S. The van der Waals surface area contributed by atoms with Gasteiger partial charge in [0.1, 0.15) is 5.82 Å². The van der Waals surface area contributed by atoms with E-state index in [1.54, 1.807) is 11.3 Å². The van der Waals surface area contributed by atoms with Gasteiger partial charge in [-0.2, -0.15) is 0 Å². The Morgan fingerprint density at radius 1 is 1.08 bits per heavy atom. The highest BCUT2D eigenvalue weighted by Gasteiger charge is 2.16. The number of piperidine rings is 1. The van der Waals surface area contributed by atoms with Gasteiger partial charge in [0, 0.05) is 24.4 Å². The van der Waals surface area contributed by atoms with Crippen LogP contribution in [0.1, 0.15) is 24.5 Å². The van der Waals surface area contributed by atoms with Crippen LogP contribution in [0.2, 0.25) is 0 Å². The predicted molar refractivity (Wildman–Crippen MR) is 99.9 cm³/mol. The van der Waals surface area contributed by atoms with Gasteiger partial charge in [-0.3, -0.25) is 0 Å². The second kappa shape index (κ2) is 7.11. The van der Waals surface area contributed by atoms with Crippen LogP contribution in [0.5, 0.6) is 0 Å². The lowest BCUT2D eigenvalue weighted by Crippen LogP contribution is -2.28. The Bertz CT molecular complexity index is 794. The van der Waals surface area contributed by atoms with Crippen molar-refractivity contribution in [1.82, 2.24) is 15.3 Å². The van der Waals surface area contributed by atoms with Crippen molar-refractivity contribution in [2.45, 2.75) is 18.8 Å². The fraction of sp³-hybridized carbons (Fsp3) is 0.263. The molecule has 0 radical (unpaired) electrons. The number of hydrogen-bond acceptors (Lipinski definition) is 5. The van der Waals surface area contributed by atoms with Crippen LogP contribution in [-0.4, -0.2) is 23.1 Å². The van der Waals surface area contributed by atoms with Gasteiger partial charge >= 0.3 is 0 Å². The summed E-state index contributed by atoms with van der Waals surface area (Å²) < 4.78 is 0. The van der Waals surface area contributed by atoms with E-state index in [-0.39, 0.29) is 0 Å². The normalized spacial score (nSPS) is 17.6. The molecule has 5 heteroatoms. The second-order valence-electron chi connectivity index (χ2n) is 6.01. The van der Waals surface area contributed by atoms with E-state index in [9.17, 15) is 0 Å². The van der Waals surface area contributed by atoms with Crippen molar-refractivity contribution < 1.29 is 0 Å². The molecule has 1 unspecified atom stereocenters. The van der Waals surface area contributed by atoms with Crippen molar-refractivity contribution in [3.05, 3.63) is 60.4 Å². The van der Waals surface area contributed by atoms with E-state index in [4.69, 9.17) is 4.98 Å². The number of thiazole rings is 1. The molecule has 24 heavy (non-hydrogen) atoms. The summed E-state index contributed by atoms with van der Waals surface area (Å²) in [5, 5.41) is 7.68. The molecule has 1 saturated heterocycles. The maximum atomic E-state index is 4.79. The molecule has 1 aromatic carbocycles. The van der Waals surface area contributed by atoms with E-state index in [0.717, 1.165) is 34.6 Å². The summed E-state index contributed by atoms with van der Waals surface area (Å²) in [5.41, 5.74) is 2.35. The predicted octanol–water partition coefficient (Wildman–Crippen LogP) is 4.42. The van der Waals surface area contributed by atoms with Gasteiger partial charge in [0.05, 0.1) is 4.88 Å². The molecule has 1 aliphatic rings. The van der Waals surface area contributed by atoms with Crippen molar-refractivity contribution in [2.75, 3.05) is 18.4 Å². The van der Waals surface area contributed by atoms with E-state index in [2.05, 4.69) is 39.9 Å². The molecule has 2 N–H and O–H groups in total. The molecule has 2 aromatic heterocycles. The van der Waals surface area contributed by atoms with Crippen LogP contribution < -0.4 is 10.6 Å². The van der Waals surface area contributed by atoms with Crippen LogP contribution in [-0.2, 0) is 0 Å². The van der Waals surface area contributed by atoms with Crippen molar-refractivity contribution in [2.24, 2.45) is 0 Å². The fourth-order valence-corrected chi connectivity index (χ4v) is 3.86. The Kier molecular flexibility index (Phi) is 4.53. The number of nitrogens with one attached hydrogen (secondary N) is 2. The lowest BCUT2D eigenvalue weighted by Gasteiger charge is -2.22. The highest BCUT2D eigenvalue weighted by atomic mass is 32.1. The lowest BCUT2D eigenvalue weighted by atomic mass is 9.96. The summed E-state index contributed by atoms with van der Waals surface area (Å²) in [6, 6.07) is 16.5. The van der Waals surface area contributed by atoms with E-state index >= 15 is 0 Å². The van der Waals surface area contributed by atoms with Crippen LogP contribution in [0.4, 0.5) is 10.9 Å². The first-order valence-electron chi connectivity index (χ1n) is 8.34. The number of aromatic nitrogens is 2. The molecule has 0 aliphatic carbocycles. The van der Waals surface area contributed by atoms with Crippen molar-refractivity contribution in [1.29, 1.82) is 0 Å². The standard InChI is InChI=1S/C19H20N4S/c1-2-6-14(7-3-1)17-13-21-19(24-17)23-18-10-4-9-16(22-18)15-8-5-11-20-12-15/h1-4,6-7,9-10,13,15,20H,5,8,11-12H2,(H,21,22,23). The Morgan fingerprint density at radius 2 is 2.00 bits per heavy atom. The molecule has 122 valence electrons. The summed E-state index contributed by atoms with van der Waals surface area (Å²) in [5.74, 6) is 1.38. The molecule has 3 aromatic rings. The zero-order valence-electron chi connectivity index (χ0n) is 13.4. The number of nitrogens with zero attached hydrogens (tertiary/aromatic N) is 2. The molecule has 0 saturated carbocycles. The molecule has 0 bridgehead atoms. The van der Waals surface area contributed by atoms with Crippen molar-refractivity contribution in [3.8, 4) is 10.4 Å². The first kappa shape index (κ1) is 15.3. The summed E-state index contributed by atoms with van der Waals surface area (Å²) in [4.78, 5) is 10.4. The largest absolute Gasteiger partial charge is 0.316 e. The van der Waals surface area contributed by atoms with Gasteiger partial charge in [-0.15, -0.1) is 0 Å². The van der Waals surface area contributed by atoms with E-state index < -0.39 is 0 Å². The summed E-state index contributed by atoms with van der Waals surface area (Å²) in [6.07, 6.45) is 4.34. The molecule has 4 rings (SSSR count). The summed E-state index contributed by atoms with van der Waals surface area (Å²) in [6.45, 7) is 2.14. The van der Waals surface area contributed by atoms with Gasteiger partial charge in [0.2, 0.25) is 0 Å². The van der Waals surface area contributed by atoms with Gasteiger partial charge in [-0.25, -0.2) is 9.97 Å². The van der Waals surface area contributed by atoms with Gasteiger partial charge in [0.15, 0.2) is 5.13 Å². The number of rotatable bonds is 4. The monoisotopic (exact) mass is 336 g/mol. The quantitative estimate of drug-likeness (QED) is 0.741. The molecule has 1 fully saturated rings. The minimum Gasteiger partial charge on any atom is -0.316 e. The molecule has 4 nitrogen and oxygen atoms in total. The number of pyridine rings is 1. The Morgan fingerprint density at radius 3 is 2.83 bits per heavy atom. The minimum atomic E-state index is 0.511. The molecular weight excluding hydrogens is 316 g/mol. The summed E-state index contributed by atoms with van der Waals surface area (Å²) >= 11 is 1.65.